The summed E-state index contributed by atoms with van der Waals surface area (Å²) in [6.07, 6.45) is 0.0815. The van der Waals surface area contributed by atoms with Gasteiger partial charge in [-0.15, -0.1) is 0 Å². The molecule has 1 amide bonds. The highest BCUT2D eigenvalue weighted by Crippen LogP contribution is 2.33. The molecule has 0 spiro atoms. The molecule has 2 aromatic carbocycles. The molecule has 0 heterocycles. The highest BCUT2D eigenvalue weighted by Gasteiger charge is 2.19. The van der Waals surface area contributed by atoms with Gasteiger partial charge in [-0.05, 0) is 24.1 Å². The molecule has 2 N–H and O–H groups in total. The number of phenolic OH excluding ortho intramolecular Hbond substituents is 1. The monoisotopic (exact) mass is 286 g/mol. The number of carbonyl (C=O) groups excluding carboxylic acids is 1. The van der Waals surface area contributed by atoms with Crippen molar-refractivity contribution in [1.29, 1.82) is 0 Å². The van der Waals surface area contributed by atoms with Gasteiger partial charge in [0.05, 0.1) is 11.3 Å². The molecule has 0 saturated heterocycles. The van der Waals surface area contributed by atoms with Gasteiger partial charge in [-0.2, -0.15) is 0 Å². The number of para-hydroxylation sites is 1. The first-order valence-corrected chi connectivity index (χ1v) is 6.29. The fourth-order valence-electron chi connectivity index (χ4n) is 1.97. The summed E-state index contributed by atoms with van der Waals surface area (Å²) < 4.78 is 0. The van der Waals surface area contributed by atoms with Crippen molar-refractivity contribution >= 4 is 17.3 Å². The van der Waals surface area contributed by atoms with Crippen LogP contribution < -0.4 is 5.32 Å². The molecule has 108 valence electrons. The van der Waals surface area contributed by atoms with Gasteiger partial charge < -0.3 is 10.4 Å². The number of carbonyl (C=O) groups is 1. The molecule has 0 aliphatic rings. The van der Waals surface area contributed by atoms with E-state index in [1.54, 1.807) is 0 Å². The van der Waals surface area contributed by atoms with Crippen LogP contribution in [0.15, 0.2) is 42.5 Å². The maximum Gasteiger partial charge on any atom is 0.296 e. The van der Waals surface area contributed by atoms with Crippen molar-refractivity contribution in [3.05, 3.63) is 63.7 Å². The molecule has 6 heteroatoms. The lowest BCUT2D eigenvalue weighted by atomic mass is 10.1. The zero-order chi connectivity index (χ0) is 15.4. The van der Waals surface area contributed by atoms with Gasteiger partial charge in [-0.1, -0.05) is 30.3 Å². The molecule has 2 rings (SSSR count). The van der Waals surface area contributed by atoms with Crippen LogP contribution in [0.25, 0.3) is 0 Å². The molecule has 0 bridgehead atoms. The van der Waals surface area contributed by atoms with Crippen molar-refractivity contribution in [2.75, 3.05) is 5.32 Å². The third-order valence-electron chi connectivity index (χ3n) is 3.09. The topological polar surface area (TPSA) is 92.5 Å². The largest absolute Gasteiger partial charge is 0.505 e. The van der Waals surface area contributed by atoms with Crippen LogP contribution in [0, 0.1) is 17.0 Å². The number of hydrogen-bond donors (Lipinski definition) is 2. The van der Waals surface area contributed by atoms with Gasteiger partial charge in [-0.3, -0.25) is 14.9 Å². The Bertz CT molecular complexity index is 698. The molecule has 21 heavy (non-hydrogen) atoms. The van der Waals surface area contributed by atoms with Crippen molar-refractivity contribution in [1.82, 2.24) is 0 Å². The molecule has 2 aromatic rings. The molecular weight excluding hydrogens is 272 g/mol. The number of anilines is 1. The average Bonchev–Trinajstić information content (AvgIpc) is 2.43. The standard InChI is InChI=1S/C15H14N2O4/c1-10-5-2-3-6-11(10)9-14(19)16-15-12(17(20)21)7-4-8-13(15)18/h2-8,18H,9H2,1H3,(H,16,19). The molecule has 0 aliphatic carbocycles. The van der Waals surface area contributed by atoms with Gasteiger partial charge in [0.1, 0.15) is 5.75 Å². The smallest absolute Gasteiger partial charge is 0.296 e. The number of nitrogens with zero attached hydrogens (tertiary/aromatic N) is 1. The van der Waals surface area contributed by atoms with Crippen molar-refractivity contribution < 1.29 is 14.8 Å². The van der Waals surface area contributed by atoms with Gasteiger partial charge in [0.15, 0.2) is 5.69 Å². The van der Waals surface area contributed by atoms with Crippen molar-refractivity contribution in [2.24, 2.45) is 0 Å². The first-order chi connectivity index (χ1) is 9.99. The van der Waals surface area contributed by atoms with E-state index in [0.29, 0.717) is 0 Å². The first-order valence-electron chi connectivity index (χ1n) is 6.29. The van der Waals surface area contributed by atoms with Crippen LogP contribution in [0.3, 0.4) is 0 Å². The maximum absolute atomic E-state index is 12.0. The number of hydrogen-bond acceptors (Lipinski definition) is 4. The number of phenols is 1. The minimum absolute atomic E-state index is 0.0815. The highest BCUT2D eigenvalue weighted by atomic mass is 16.6. The predicted molar refractivity (Wildman–Crippen MR) is 78.3 cm³/mol. The number of nitro groups is 1. The van der Waals surface area contributed by atoms with Gasteiger partial charge in [-0.25, -0.2) is 0 Å². The van der Waals surface area contributed by atoms with Crippen LogP contribution in [-0.2, 0) is 11.2 Å². The van der Waals surface area contributed by atoms with E-state index in [2.05, 4.69) is 5.32 Å². The van der Waals surface area contributed by atoms with Crippen molar-refractivity contribution in [2.45, 2.75) is 13.3 Å². The van der Waals surface area contributed by atoms with Crippen LogP contribution in [0.1, 0.15) is 11.1 Å². The first kappa shape index (κ1) is 14.5. The number of aromatic hydroxyl groups is 1. The summed E-state index contributed by atoms with van der Waals surface area (Å²) in [5, 5.41) is 23.0. The minimum Gasteiger partial charge on any atom is -0.505 e. The Balaban J connectivity index is 2.21. The van der Waals surface area contributed by atoms with Crippen LogP contribution >= 0.6 is 0 Å². The van der Waals surface area contributed by atoms with E-state index in [0.717, 1.165) is 11.1 Å². The second-order valence-corrected chi connectivity index (χ2v) is 4.58. The third-order valence-corrected chi connectivity index (χ3v) is 3.09. The van der Waals surface area contributed by atoms with E-state index >= 15 is 0 Å². The predicted octanol–water partition coefficient (Wildman–Crippen LogP) is 2.79. The Labute approximate surface area is 121 Å². The summed E-state index contributed by atoms with van der Waals surface area (Å²) >= 11 is 0. The van der Waals surface area contributed by atoms with E-state index in [4.69, 9.17) is 0 Å². The summed E-state index contributed by atoms with van der Waals surface area (Å²) in [5.41, 5.74) is 1.27. The number of aryl methyl sites for hydroxylation is 1. The Morgan fingerprint density at radius 3 is 2.62 bits per heavy atom. The molecule has 0 radical (unpaired) electrons. The number of benzene rings is 2. The number of amides is 1. The second-order valence-electron chi connectivity index (χ2n) is 4.58. The third kappa shape index (κ3) is 3.36. The Kier molecular flexibility index (Phi) is 4.18. The van der Waals surface area contributed by atoms with Gasteiger partial charge in [0.25, 0.3) is 5.69 Å². The Morgan fingerprint density at radius 2 is 1.95 bits per heavy atom. The molecule has 0 atom stereocenters. The van der Waals surface area contributed by atoms with E-state index < -0.39 is 10.8 Å². The quantitative estimate of drug-likeness (QED) is 0.513. The van der Waals surface area contributed by atoms with Crippen LogP contribution in [0.2, 0.25) is 0 Å². The lowest BCUT2D eigenvalue weighted by Gasteiger charge is -2.09. The zero-order valence-corrected chi connectivity index (χ0v) is 11.4. The fourth-order valence-corrected chi connectivity index (χ4v) is 1.97. The molecule has 6 nitrogen and oxygen atoms in total. The summed E-state index contributed by atoms with van der Waals surface area (Å²) in [6, 6.07) is 11.2. The molecule has 0 saturated carbocycles. The fraction of sp³-hybridized carbons (Fsp3) is 0.133. The second kappa shape index (κ2) is 6.04. The molecule has 0 fully saturated rings. The molecular formula is C15H14N2O4. The average molecular weight is 286 g/mol. The van der Waals surface area contributed by atoms with Gasteiger partial charge in [0.2, 0.25) is 5.91 Å². The van der Waals surface area contributed by atoms with Crippen molar-refractivity contribution in [3.8, 4) is 5.75 Å². The van der Waals surface area contributed by atoms with Gasteiger partial charge >= 0.3 is 0 Å². The SMILES string of the molecule is Cc1ccccc1CC(=O)Nc1c(O)cccc1[N+](=O)[O-]. The normalized spacial score (nSPS) is 10.1. The lowest BCUT2D eigenvalue weighted by Crippen LogP contribution is -2.16. The summed E-state index contributed by atoms with van der Waals surface area (Å²) in [4.78, 5) is 22.3. The van der Waals surface area contributed by atoms with E-state index in [1.807, 2.05) is 31.2 Å². The molecule has 0 aromatic heterocycles. The van der Waals surface area contributed by atoms with E-state index in [9.17, 15) is 20.0 Å². The lowest BCUT2D eigenvalue weighted by molar-refractivity contribution is -0.384. The summed E-state index contributed by atoms with van der Waals surface area (Å²) in [5.74, 6) is -0.753. The molecule has 0 aliphatic heterocycles. The van der Waals surface area contributed by atoms with Gasteiger partial charge in [0, 0.05) is 6.07 Å². The van der Waals surface area contributed by atoms with E-state index in [1.165, 1.54) is 18.2 Å². The maximum atomic E-state index is 12.0. The number of nitro benzene ring substituents is 1. The van der Waals surface area contributed by atoms with Crippen LogP contribution in [0.4, 0.5) is 11.4 Å². The van der Waals surface area contributed by atoms with Crippen LogP contribution in [0.5, 0.6) is 5.75 Å². The number of rotatable bonds is 4. The number of nitrogens with one attached hydrogen (secondary N) is 1. The van der Waals surface area contributed by atoms with Crippen LogP contribution in [-0.4, -0.2) is 15.9 Å². The van der Waals surface area contributed by atoms with Crippen molar-refractivity contribution in [3.63, 3.8) is 0 Å². The van der Waals surface area contributed by atoms with E-state index in [-0.39, 0.29) is 23.5 Å². The molecule has 0 unspecified atom stereocenters. The highest BCUT2D eigenvalue weighted by molar-refractivity contribution is 5.96. The minimum atomic E-state index is -0.650. The Hall–Kier alpha value is -2.89. The zero-order valence-electron chi connectivity index (χ0n) is 11.4. The summed E-state index contributed by atoms with van der Waals surface area (Å²) in [7, 11) is 0. The Morgan fingerprint density at radius 1 is 1.24 bits per heavy atom. The summed E-state index contributed by atoms with van der Waals surface area (Å²) in [6.45, 7) is 1.88.